The van der Waals surface area contributed by atoms with Crippen LogP contribution in [0.15, 0.2) is 11.0 Å². The van der Waals surface area contributed by atoms with Crippen LogP contribution in [0, 0.1) is 0 Å². The second-order valence-corrected chi connectivity index (χ2v) is 5.12. The van der Waals surface area contributed by atoms with E-state index in [1.165, 1.54) is 0 Å². The Morgan fingerprint density at radius 1 is 1.41 bits per heavy atom. The lowest BCUT2D eigenvalue weighted by Crippen LogP contribution is -2.41. The Labute approximate surface area is 102 Å². The summed E-state index contributed by atoms with van der Waals surface area (Å²) in [5.74, 6) is 1.06. The lowest BCUT2D eigenvalue weighted by molar-refractivity contribution is 0.190. The Balaban J connectivity index is 2.64. The van der Waals surface area contributed by atoms with Crippen molar-refractivity contribution in [2.45, 2.75) is 45.8 Å². The van der Waals surface area contributed by atoms with E-state index in [0.29, 0.717) is 11.6 Å². The van der Waals surface area contributed by atoms with Gasteiger partial charge in [-0.25, -0.2) is 0 Å². The zero-order valence-electron chi connectivity index (χ0n) is 11.1. The highest BCUT2D eigenvalue weighted by Gasteiger charge is 2.28. The summed E-state index contributed by atoms with van der Waals surface area (Å²) in [5, 5.41) is 3.26. The highest BCUT2D eigenvalue weighted by atomic mass is 16.5. The fourth-order valence-corrected chi connectivity index (χ4v) is 2.04. The summed E-state index contributed by atoms with van der Waals surface area (Å²) in [5.41, 5.74) is 1.65. The van der Waals surface area contributed by atoms with Crippen LogP contribution in [0.3, 0.4) is 0 Å². The summed E-state index contributed by atoms with van der Waals surface area (Å²) in [4.78, 5) is 12.1. The lowest BCUT2D eigenvalue weighted by Gasteiger charge is -2.32. The maximum Gasteiger partial charge on any atom is 0.277 e. The van der Waals surface area contributed by atoms with Crippen LogP contribution in [0.25, 0.3) is 0 Å². The van der Waals surface area contributed by atoms with E-state index < -0.39 is 0 Å². The Hall–Kier alpha value is -1.45. The zero-order chi connectivity index (χ0) is 12.7. The van der Waals surface area contributed by atoms with Gasteiger partial charge in [-0.2, -0.15) is 0 Å². The first-order valence-electron chi connectivity index (χ1n) is 6.08. The molecular formula is C13H20N2O2. The van der Waals surface area contributed by atoms with Gasteiger partial charge in [-0.15, -0.1) is 0 Å². The van der Waals surface area contributed by atoms with Crippen LogP contribution < -0.4 is 15.6 Å². The van der Waals surface area contributed by atoms with Crippen molar-refractivity contribution in [3.63, 3.8) is 0 Å². The van der Waals surface area contributed by atoms with E-state index in [1.54, 1.807) is 11.6 Å². The SMILES string of the molecule is CC(C)c1cn(C)c(=O)c2c1OC(C)C(C)N2. The minimum Gasteiger partial charge on any atom is -0.486 e. The van der Waals surface area contributed by atoms with Crippen molar-refractivity contribution in [1.29, 1.82) is 0 Å². The van der Waals surface area contributed by atoms with Gasteiger partial charge in [0.2, 0.25) is 0 Å². The minimum atomic E-state index is -0.0249. The van der Waals surface area contributed by atoms with Crippen molar-refractivity contribution in [1.82, 2.24) is 4.57 Å². The normalized spacial score (nSPS) is 22.9. The molecule has 0 spiro atoms. The largest absolute Gasteiger partial charge is 0.486 e. The predicted octanol–water partition coefficient (Wildman–Crippen LogP) is 2.09. The monoisotopic (exact) mass is 236 g/mol. The molecular weight excluding hydrogens is 216 g/mol. The Morgan fingerprint density at radius 2 is 2.06 bits per heavy atom. The number of rotatable bonds is 1. The van der Waals surface area contributed by atoms with Crippen LogP contribution in [-0.4, -0.2) is 16.7 Å². The fourth-order valence-electron chi connectivity index (χ4n) is 2.04. The molecule has 0 saturated carbocycles. The summed E-state index contributed by atoms with van der Waals surface area (Å²) in [6, 6.07) is 0.151. The summed E-state index contributed by atoms with van der Waals surface area (Å²) in [6.45, 7) is 8.25. The second kappa shape index (κ2) is 4.09. The van der Waals surface area contributed by atoms with Crippen LogP contribution in [0.5, 0.6) is 5.75 Å². The van der Waals surface area contributed by atoms with Gasteiger partial charge in [0, 0.05) is 18.8 Å². The average molecular weight is 236 g/mol. The van der Waals surface area contributed by atoms with Gasteiger partial charge < -0.3 is 14.6 Å². The van der Waals surface area contributed by atoms with Crippen LogP contribution >= 0.6 is 0 Å². The summed E-state index contributed by atoms with van der Waals surface area (Å²) < 4.78 is 7.51. The maximum absolute atomic E-state index is 12.1. The van der Waals surface area contributed by atoms with Crippen molar-refractivity contribution in [2.75, 3.05) is 5.32 Å². The molecule has 0 aromatic carbocycles. The first-order chi connectivity index (χ1) is 7.91. The number of nitrogens with zero attached hydrogens (tertiary/aromatic N) is 1. The van der Waals surface area contributed by atoms with Crippen molar-refractivity contribution < 1.29 is 4.74 Å². The quantitative estimate of drug-likeness (QED) is 0.812. The van der Waals surface area contributed by atoms with E-state index in [2.05, 4.69) is 19.2 Å². The summed E-state index contributed by atoms with van der Waals surface area (Å²) in [6.07, 6.45) is 1.95. The van der Waals surface area contributed by atoms with Crippen LogP contribution in [-0.2, 0) is 7.05 Å². The molecule has 0 aliphatic carbocycles. The Morgan fingerprint density at radius 3 is 2.65 bits per heavy atom. The molecule has 0 fully saturated rings. The molecule has 0 amide bonds. The molecule has 1 aliphatic heterocycles. The third-order valence-corrected chi connectivity index (χ3v) is 3.36. The van der Waals surface area contributed by atoms with Crippen LogP contribution in [0.1, 0.15) is 39.2 Å². The van der Waals surface area contributed by atoms with E-state index in [1.807, 2.05) is 20.0 Å². The topological polar surface area (TPSA) is 43.3 Å². The molecule has 2 heterocycles. The first kappa shape index (κ1) is 12.0. The molecule has 0 bridgehead atoms. The zero-order valence-corrected chi connectivity index (χ0v) is 11.1. The third kappa shape index (κ3) is 1.92. The van der Waals surface area contributed by atoms with Gasteiger partial charge in [-0.05, 0) is 19.8 Å². The molecule has 0 radical (unpaired) electrons. The number of anilines is 1. The number of nitrogens with one attached hydrogen (secondary N) is 1. The standard InChI is InChI=1S/C13H20N2O2/c1-7(2)10-6-15(5)13(16)11-12(10)17-9(4)8(3)14-11/h6-9,14H,1-5H3. The van der Waals surface area contributed by atoms with E-state index in [-0.39, 0.29) is 17.7 Å². The predicted molar refractivity (Wildman–Crippen MR) is 68.9 cm³/mol. The van der Waals surface area contributed by atoms with Gasteiger partial charge in [-0.1, -0.05) is 13.8 Å². The van der Waals surface area contributed by atoms with Gasteiger partial charge in [-0.3, -0.25) is 4.79 Å². The van der Waals surface area contributed by atoms with Gasteiger partial charge in [0.15, 0.2) is 5.75 Å². The third-order valence-electron chi connectivity index (χ3n) is 3.36. The molecule has 17 heavy (non-hydrogen) atoms. The molecule has 0 saturated heterocycles. The first-order valence-corrected chi connectivity index (χ1v) is 6.08. The average Bonchev–Trinajstić information content (AvgIpc) is 2.26. The number of ether oxygens (including phenoxy) is 1. The number of pyridine rings is 1. The van der Waals surface area contributed by atoms with E-state index in [9.17, 15) is 4.79 Å². The summed E-state index contributed by atoms with van der Waals surface area (Å²) in [7, 11) is 1.78. The molecule has 2 unspecified atom stereocenters. The Bertz CT molecular complexity index is 491. The molecule has 94 valence electrons. The molecule has 4 heteroatoms. The van der Waals surface area contributed by atoms with Crippen molar-refractivity contribution >= 4 is 5.69 Å². The van der Waals surface area contributed by atoms with Crippen molar-refractivity contribution in [3.8, 4) is 5.75 Å². The number of hydrogen-bond acceptors (Lipinski definition) is 3. The highest BCUT2D eigenvalue weighted by molar-refractivity contribution is 5.61. The second-order valence-electron chi connectivity index (χ2n) is 5.12. The van der Waals surface area contributed by atoms with Crippen molar-refractivity contribution in [2.24, 2.45) is 7.05 Å². The number of fused-ring (bicyclic) bond motifs is 1. The fraction of sp³-hybridized carbons (Fsp3) is 0.615. The van der Waals surface area contributed by atoms with Crippen molar-refractivity contribution in [3.05, 3.63) is 22.1 Å². The smallest absolute Gasteiger partial charge is 0.277 e. The molecule has 2 rings (SSSR count). The molecule has 1 N–H and O–H groups in total. The van der Waals surface area contributed by atoms with E-state index in [4.69, 9.17) is 4.74 Å². The van der Waals surface area contributed by atoms with Crippen LogP contribution in [0.2, 0.25) is 0 Å². The van der Waals surface area contributed by atoms with Gasteiger partial charge in [0.1, 0.15) is 11.8 Å². The van der Waals surface area contributed by atoms with Gasteiger partial charge in [0.05, 0.1) is 6.04 Å². The highest BCUT2D eigenvalue weighted by Crippen LogP contribution is 2.35. The van der Waals surface area contributed by atoms with Gasteiger partial charge in [0.25, 0.3) is 5.56 Å². The number of hydrogen-bond donors (Lipinski definition) is 1. The maximum atomic E-state index is 12.1. The van der Waals surface area contributed by atoms with Gasteiger partial charge >= 0.3 is 0 Å². The van der Waals surface area contributed by atoms with Crippen LogP contribution in [0.4, 0.5) is 5.69 Å². The minimum absolute atomic E-state index is 0.0249. The molecule has 1 aliphatic rings. The molecule has 1 aromatic heterocycles. The molecule has 4 nitrogen and oxygen atoms in total. The molecule has 1 aromatic rings. The Kier molecular flexibility index (Phi) is 2.89. The van der Waals surface area contributed by atoms with E-state index in [0.717, 1.165) is 11.3 Å². The van der Waals surface area contributed by atoms with E-state index >= 15 is 0 Å². The lowest BCUT2D eigenvalue weighted by atomic mass is 10.0. The molecule has 2 atom stereocenters. The summed E-state index contributed by atoms with van der Waals surface area (Å²) >= 11 is 0. The number of aromatic nitrogens is 1. The number of aryl methyl sites for hydroxylation is 1.